The summed E-state index contributed by atoms with van der Waals surface area (Å²) >= 11 is 0. The number of carbonyl (C=O) groups excluding carboxylic acids is 3. The molecule has 2 heterocycles. The highest BCUT2D eigenvalue weighted by atomic mass is 16.2. The lowest BCUT2D eigenvalue weighted by Gasteiger charge is -2.33. The largest absolute Gasteiger partial charge is 0.326 e. The van der Waals surface area contributed by atoms with Crippen LogP contribution in [0.25, 0.3) is 0 Å². The number of hydrogen-bond acceptors (Lipinski definition) is 4. The molecule has 29 heavy (non-hydrogen) atoms. The molecule has 8 heteroatoms. The Hall–Kier alpha value is -3.08. The first-order valence-corrected chi connectivity index (χ1v) is 9.99. The fraction of sp³-hybridized carbons (Fsp3) is 0.524. The quantitative estimate of drug-likeness (QED) is 0.759. The minimum Gasteiger partial charge on any atom is -0.326 e. The van der Waals surface area contributed by atoms with Crippen molar-refractivity contribution in [3.8, 4) is 6.07 Å². The Morgan fingerprint density at radius 1 is 1.28 bits per heavy atom. The molecular weight excluding hydrogens is 370 g/mol. The van der Waals surface area contributed by atoms with Gasteiger partial charge in [0.15, 0.2) is 0 Å². The Bertz CT molecular complexity index is 817. The third-order valence-corrected chi connectivity index (χ3v) is 5.64. The zero-order chi connectivity index (χ0) is 21.0. The smallest absolute Gasteiger partial charge is 0.318 e. The highest BCUT2D eigenvalue weighted by Crippen LogP contribution is 2.28. The van der Waals surface area contributed by atoms with E-state index in [1.54, 1.807) is 4.90 Å². The molecule has 1 aromatic rings. The van der Waals surface area contributed by atoms with Crippen molar-refractivity contribution in [2.24, 2.45) is 0 Å². The molecule has 0 bridgehead atoms. The summed E-state index contributed by atoms with van der Waals surface area (Å²) in [7, 11) is 0. The molecule has 4 amide bonds. The summed E-state index contributed by atoms with van der Waals surface area (Å²) in [5.41, 5.74) is 1.88. The highest BCUT2D eigenvalue weighted by molar-refractivity contribution is 5.89. The van der Waals surface area contributed by atoms with Crippen molar-refractivity contribution < 1.29 is 14.4 Å². The van der Waals surface area contributed by atoms with Gasteiger partial charge in [0.05, 0.1) is 6.07 Å². The van der Waals surface area contributed by atoms with Crippen LogP contribution in [0.15, 0.2) is 24.3 Å². The van der Waals surface area contributed by atoms with Crippen molar-refractivity contribution in [3.05, 3.63) is 29.8 Å². The maximum absolute atomic E-state index is 12.8. The van der Waals surface area contributed by atoms with Crippen LogP contribution in [0.4, 0.5) is 10.5 Å². The molecule has 8 nitrogen and oxygen atoms in total. The zero-order valence-corrected chi connectivity index (χ0v) is 16.9. The number of rotatable bonds is 4. The number of nitrogens with one attached hydrogen (secondary N) is 2. The Morgan fingerprint density at radius 2 is 2.00 bits per heavy atom. The Balaban J connectivity index is 1.59. The molecule has 0 aromatic heterocycles. The van der Waals surface area contributed by atoms with Crippen molar-refractivity contribution in [2.75, 3.05) is 25.0 Å². The number of piperidine rings is 1. The maximum Gasteiger partial charge on any atom is 0.318 e. The van der Waals surface area contributed by atoms with Gasteiger partial charge in [-0.3, -0.25) is 9.59 Å². The maximum atomic E-state index is 12.8. The van der Waals surface area contributed by atoms with Crippen molar-refractivity contribution in [1.82, 2.24) is 15.1 Å². The Kier molecular flexibility index (Phi) is 6.37. The van der Waals surface area contributed by atoms with Crippen molar-refractivity contribution in [3.63, 3.8) is 0 Å². The number of hydrogen-bond donors (Lipinski definition) is 2. The third kappa shape index (κ3) is 4.86. The number of urea groups is 1. The molecule has 0 aliphatic carbocycles. The van der Waals surface area contributed by atoms with Gasteiger partial charge in [0.2, 0.25) is 11.8 Å². The normalized spacial score (nSPS) is 24.2. The second kappa shape index (κ2) is 8.95. The molecule has 3 rings (SSSR count). The molecule has 2 fully saturated rings. The molecule has 0 radical (unpaired) electrons. The van der Waals surface area contributed by atoms with Gasteiger partial charge in [-0.05, 0) is 43.9 Å². The minimum atomic E-state index is -0.567. The monoisotopic (exact) mass is 397 g/mol. The van der Waals surface area contributed by atoms with Gasteiger partial charge in [0.25, 0.3) is 0 Å². The van der Waals surface area contributed by atoms with E-state index in [0.717, 1.165) is 24.1 Å². The lowest BCUT2D eigenvalue weighted by molar-refractivity contribution is -0.129. The van der Waals surface area contributed by atoms with Crippen LogP contribution in [-0.4, -0.2) is 59.4 Å². The van der Waals surface area contributed by atoms with E-state index < -0.39 is 6.04 Å². The lowest BCUT2D eigenvalue weighted by Crippen LogP contribution is -2.50. The molecule has 3 atom stereocenters. The molecule has 1 aromatic carbocycles. The standard InChI is InChI=1S/C21H27N5O3/c1-14-12-19(20(28)26(14)11-9-22)24-21(29)25-10-3-4-17(13-25)16-5-7-18(8-6-16)23-15(2)27/h5-8,14,17,19H,3-4,10-13H2,1-2H3,(H,23,27)(H,24,29)/t14?,17-,19?/m1/s1. The number of carbonyl (C=O) groups is 3. The van der Waals surface area contributed by atoms with E-state index in [-0.39, 0.29) is 36.3 Å². The molecule has 2 unspecified atom stereocenters. The van der Waals surface area contributed by atoms with Gasteiger partial charge in [-0.15, -0.1) is 0 Å². The summed E-state index contributed by atoms with van der Waals surface area (Å²) in [4.78, 5) is 39.6. The molecule has 2 saturated heterocycles. The second-order valence-electron chi connectivity index (χ2n) is 7.80. The predicted molar refractivity (Wildman–Crippen MR) is 108 cm³/mol. The molecule has 154 valence electrons. The number of amides is 4. The van der Waals surface area contributed by atoms with Gasteiger partial charge in [0, 0.05) is 37.7 Å². The van der Waals surface area contributed by atoms with Crippen molar-refractivity contribution in [1.29, 1.82) is 5.26 Å². The first kappa shape index (κ1) is 20.6. The number of anilines is 1. The SMILES string of the molecule is CC(=O)Nc1ccc([C@@H]2CCCN(C(=O)NC3CC(C)N(CC#N)C3=O)C2)cc1. The summed E-state index contributed by atoms with van der Waals surface area (Å²) in [6.07, 6.45) is 2.40. The van der Waals surface area contributed by atoms with Crippen molar-refractivity contribution in [2.45, 2.75) is 51.1 Å². The molecule has 2 N–H and O–H groups in total. The van der Waals surface area contributed by atoms with Crippen LogP contribution < -0.4 is 10.6 Å². The fourth-order valence-electron chi connectivity index (χ4n) is 4.13. The molecular formula is C21H27N5O3. The van der Waals surface area contributed by atoms with Gasteiger partial charge in [-0.1, -0.05) is 12.1 Å². The highest BCUT2D eigenvalue weighted by Gasteiger charge is 2.38. The van der Waals surface area contributed by atoms with Crippen LogP contribution in [0.1, 0.15) is 44.6 Å². The lowest BCUT2D eigenvalue weighted by atomic mass is 9.90. The van der Waals surface area contributed by atoms with Gasteiger partial charge >= 0.3 is 6.03 Å². The Labute approximate surface area is 170 Å². The van der Waals surface area contributed by atoms with Gasteiger partial charge in [0.1, 0.15) is 12.6 Å². The van der Waals surface area contributed by atoms with E-state index >= 15 is 0 Å². The number of likely N-dealkylation sites (tertiary alicyclic amines) is 2. The van der Waals surface area contributed by atoms with Crippen LogP contribution in [0.5, 0.6) is 0 Å². The minimum absolute atomic E-state index is 0.0483. The Morgan fingerprint density at radius 3 is 2.66 bits per heavy atom. The number of nitriles is 1. The van der Waals surface area contributed by atoms with Gasteiger partial charge < -0.3 is 20.4 Å². The van der Waals surface area contributed by atoms with E-state index in [4.69, 9.17) is 5.26 Å². The fourth-order valence-corrected chi connectivity index (χ4v) is 4.13. The first-order chi connectivity index (χ1) is 13.9. The molecule has 0 spiro atoms. The molecule has 2 aliphatic heterocycles. The summed E-state index contributed by atoms with van der Waals surface area (Å²) < 4.78 is 0. The van der Waals surface area contributed by atoms with E-state index in [2.05, 4.69) is 10.6 Å². The van der Waals surface area contributed by atoms with Gasteiger partial charge in [-0.25, -0.2) is 4.79 Å². The summed E-state index contributed by atoms with van der Waals surface area (Å²) in [6, 6.07) is 8.88. The summed E-state index contributed by atoms with van der Waals surface area (Å²) in [5, 5.41) is 14.5. The molecule has 2 aliphatic rings. The second-order valence-corrected chi connectivity index (χ2v) is 7.80. The average Bonchev–Trinajstić information content (AvgIpc) is 2.96. The average molecular weight is 397 g/mol. The van der Waals surface area contributed by atoms with E-state index in [9.17, 15) is 14.4 Å². The third-order valence-electron chi connectivity index (χ3n) is 5.64. The van der Waals surface area contributed by atoms with Crippen LogP contribution in [0.2, 0.25) is 0 Å². The summed E-state index contributed by atoms with van der Waals surface area (Å²) in [5.74, 6) is -0.0777. The van der Waals surface area contributed by atoms with E-state index in [1.165, 1.54) is 11.8 Å². The van der Waals surface area contributed by atoms with Crippen LogP contribution >= 0.6 is 0 Å². The van der Waals surface area contributed by atoms with Crippen LogP contribution in [-0.2, 0) is 9.59 Å². The van der Waals surface area contributed by atoms with Crippen LogP contribution in [0, 0.1) is 11.3 Å². The number of nitrogens with zero attached hydrogens (tertiary/aromatic N) is 3. The van der Waals surface area contributed by atoms with E-state index in [1.807, 2.05) is 37.3 Å². The number of benzene rings is 1. The first-order valence-electron chi connectivity index (χ1n) is 9.99. The van der Waals surface area contributed by atoms with Crippen LogP contribution in [0.3, 0.4) is 0 Å². The van der Waals surface area contributed by atoms with Crippen molar-refractivity contribution >= 4 is 23.5 Å². The van der Waals surface area contributed by atoms with E-state index in [0.29, 0.717) is 19.5 Å². The molecule has 0 saturated carbocycles. The summed E-state index contributed by atoms with van der Waals surface area (Å²) in [6.45, 7) is 4.66. The topological polar surface area (TPSA) is 106 Å². The van der Waals surface area contributed by atoms with Gasteiger partial charge in [-0.2, -0.15) is 5.26 Å². The zero-order valence-electron chi connectivity index (χ0n) is 16.9. The predicted octanol–water partition coefficient (Wildman–Crippen LogP) is 2.05.